The number of halogens is 1. The van der Waals surface area contributed by atoms with Crippen LogP contribution < -0.4 is 30.6 Å². The Labute approximate surface area is 254 Å². The SMILES string of the molecule is COc1cc(/C=C(\C(=O)Nc2ccc(Cl)cc2)c2ccc(Oc3ccc(CCC(=O)NC(N)=O)cc3)cc2)cc(OC)c1. The van der Waals surface area contributed by atoms with Crippen LogP contribution in [0.15, 0.2) is 91.0 Å². The van der Waals surface area contributed by atoms with Crippen molar-refractivity contribution in [2.24, 2.45) is 5.73 Å². The van der Waals surface area contributed by atoms with Gasteiger partial charge in [-0.05, 0) is 89.9 Å². The zero-order valence-electron chi connectivity index (χ0n) is 23.6. The summed E-state index contributed by atoms with van der Waals surface area (Å²) in [5.74, 6) is 1.58. The van der Waals surface area contributed by atoms with Gasteiger partial charge in [0.05, 0.1) is 14.2 Å². The molecule has 0 aromatic heterocycles. The number of primary amides is 1. The predicted molar refractivity (Wildman–Crippen MR) is 167 cm³/mol. The Morgan fingerprint density at radius 2 is 1.37 bits per heavy atom. The van der Waals surface area contributed by atoms with Crippen LogP contribution in [0.25, 0.3) is 11.6 Å². The Kier molecular flexibility index (Phi) is 10.4. The van der Waals surface area contributed by atoms with Gasteiger partial charge in [-0.1, -0.05) is 35.9 Å². The molecule has 4 amide bonds. The number of amides is 4. The summed E-state index contributed by atoms with van der Waals surface area (Å²) in [6, 6.07) is 25.7. The van der Waals surface area contributed by atoms with Crippen LogP contribution in [0.5, 0.6) is 23.0 Å². The van der Waals surface area contributed by atoms with E-state index in [9.17, 15) is 14.4 Å². The topological polar surface area (TPSA) is 129 Å². The number of hydrogen-bond donors (Lipinski definition) is 3. The van der Waals surface area contributed by atoms with E-state index >= 15 is 0 Å². The van der Waals surface area contributed by atoms with E-state index in [0.29, 0.717) is 56.8 Å². The van der Waals surface area contributed by atoms with E-state index in [-0.39, 0.29) is 12.3 Å². The van der Waals surface area contributed by atoms with Crippen LogP contribution in [0, 0.1) is 0 Å². The quantitative estimate of drug-likeness (QED) is 0.134. The molecule has 43 heavy (non-hydrogen) atoms. The fourth-order valence-corrected chi connectivity index (χ4v) is 4.24. The minimum Gasteiger partial charge on any atom is -0.497 e. The molecule has 0 unspecified atom stereocenters. The Balaban J connectivity index is 1.54. The van der Waals surface area contributed by atoms with Crippen molar-refractivity contribution in [1.29, 1.82) is 0 Å². The van der Waals surface area contributed by atoms with Crippen molar-refractivity contribution in [3.63, 3.8) is 0 Å². The van der Waals surface area contributed by atoms with E-state index in [1.165, 1.54) is 0 Å². The number of aryl methyl sites for hydroxylation is 1. The maximum Gasteiger partial charge on any atom is 0.318 e. The van der Waals surface area contributed by atoms with Gasteiger partial charge in [-0.2, -0.15) is 0 Å². The van der Waals surface area contributed by atoms with Crippen molar-refractivity contribution >= 4 is 46.8 Å². The van der Waals surface area contributed by atoms with Crippen LogP contribution in [-0.2, 0) is 16.0 Å². The van der Waals surface area contributed by atoms with Crippen molar-refractivity contribution in [1.82, 2.24) is 5.32 Å². The van der Waals surface area contributed by atoms with E-state index in [2.05, 4.69) is 5.32 Å². The molecule has 4 aromatic carbocycles. The number of anilines is 1. The van der Waals surface area contributed by atoms with Crippen molar-refractivity contribution in [3.8, 4) is 23.0 Å². The van der Waals surface area contributed by atoms with Gasteiger partial charge >= 0.3 is 6.03 Å². The molecular formula is C33H30ClN3O6. The molecule has 220 valence electrons. The summed E-state index contributed by atoms with van der Waals surface area (Å²) in [6.45, 7) is 0. The Morgan fingerprint density at radius 3 is 1.93 bits per heavy atom. The lowest BCUT2D eigenvalue weighted by molar-refractivity contribution is -0.120. The number of rotatable bonds is 11. The molecule has 9 nitrogen and oxygen atoms in total. The molecule has 0 radical (unpaired) electrons. The number of methoxy groups -OCH3 is 2. The molecule has 0 bridgehead atoms. The van der Waals surface area contributed by atoms with Crippen molar-refractivity contribution in [3.05, 3.63) is 113 Å². The maximum absolute atomic E-state index is 13.5. The van der Waals surface area contributed by atoms with E-state index in [1.54, 1.807) is 87.0 Å². The van der Waals surface area contributed by atoms with Gasteiger partial charge in [0.25, 0.3) is 5.91 Å². The summed E-state index contributed by atoms with van der Waals surface area (Å²) in [4.78, 5) is 35.9. The monoisotopic (exact) mass is 599 g/mol. The molecule has 4 rings (SSSR count). The fourth-order valence-electron chi connectivity index (χ4n) is 4.11. The molecule has 0 fully saturated rings. The first-order valence-electron chi connectivity index (χ1n) is 13.2. The highest BCUT2D eigenvalue weighted by Gasteiger charge is 2.15. The summed E-state index contributed by atoms with van der Waals surface area (Å²) in [7, 11) is 3.13. The van der Waals surface area contributed by atoms with Gasteiger partial charge in [-0.15, -0.1) is 0 Å². The van der Waals surface area contributed by atoms with Gasteiger partial charge in [0.15, 0.2) is 0 Å². The largest absolute Gasteiger partial charge is 0.497 e. The lowest BCUT2D eigenvalue weighted by atomic mass is 10.0. The van der Waals surface area contributed by atoms with Crippen LogP contribution in [0.4, 0.5) is 10.5 Å². The Morgan fingerprint density at radius 1 is 0.791 bits per heavy atom. The van der Waals surface area contributed by atoms with Crippen LogP contribution in [-0.4, -0.2) is 32.1 Å². The van der Waals surface area contributed by atoms with E-state index in [4.69, 9.17) is 31.5 Å². The second kappa shape index (κ2) is 14.6. The number of ether oxygens (including phenoxy) is 3. The molecular weight excluding hydrogens is 570 g/mol. The normalized spacial score (nSPS) is 10.9. The number of hydrogen-bond acceptors (Lipinski definition) is 6. The zero-order valence-corrected chi connectivity index (χ0v) is 24.3. The zero-order chi connectivity index (χ0) is 30.8. The smallest absolute Gasteiger partial charge is 0.318 e. The molecule has 4 N–H and O–H groups in total. The van der Waals surface area contributed by atoms with Crippen molar-refractivity contribution < 1.29 is 28.6 Å². The van der Waals surface area contributed by atoms with Crippen LogP contribution >= 0.6 is 11.6 Å². The Bertz CT molecular complexity index is 1600. The van der Waals surface area contributed by atoms with Crippen LogP contribution in [0.1, 0.15) is 23.1 Å². The summed E-state index contributed by atoms with van der Waals surface area (Å²) < 4.78 is 16.8. The minimum absolute atomic E-state index is 0.134. The van der Waals surface area contributed by atoms with E-state index in [1.807, 2.05) is 29.6 Å². The molecule has 10 heteroatoms. The van der Waals surface area contributed by atoms with Gasteiger partial charge in [-0.25, -0.2) is 4.79 Å². The number of nitrogens with two attached hydrogens (primary N) is 1. The van der Waals surface area contributed by atoms with Gasteiger partial charge in [0.1, 0.15) is 23.0 Å². The number of imide groups is 1. The van der Waals surface area contributed by atoms with Gasteiger partial charge in [0.2, 0.25) is 5.91 Å². The molecule has 0 saturated carbocycles. The van der Waals surface area contributed by atoms with Gasteiger partial charge in [-0.3, -0.25) is 14.9 Å². The third kappa shape index (κ3) is 9.11. The Hall–Kier alpha value is -5.28. The van der Waals surface area contributed by atoms with E-state index < -0.39 is 11.9 Å². The van der Waals surface area contributed by atoms with E-state index in [0.717, 1.165) is 5.56 Å². The molecule has 0 spiro atoms. The number of carbonyl (C=O) groups excluding carboxylic acids is 3. The highest BCUT2D eigenvalue weighted by Crippen LogP contribution is 2.29. The van der Waals surface area contributed by atoms with Crippen LogP contribution in [0.2, 0.25) is 5.02 Å². The molecule has 0 aliphatic rings. The highest BCUT2D eigenvalue weighted by molar-refractivity contribution is 6.31. The average Bonchev–Trinajstić information content (AvgIpc) is 3.00. The predicted octanol–water partition coefficient (Wildman–Crippen LogP) is 6.46. The lowest BCUT2D eigenvalue weighted by Gasteiger charge is -2.12. The molecule has 0 saturated heterocycles. The maximum atomic E-state index is 13.5. The summed E-state index contributed by atoms with van der Waals surface area (Å²) in [5.41, 5.74) is 8.24. The average molecular weight is 600 g/mol. The second-order valence-corrected chi connectivity index (χ2v) is 9.78. The third-order valence-corrected chi connectivity index (χ3v) is 6.51. The van der Waals surface area contributed by atoms with Gasteiger partial charge in [0, 0.05) is 28.8 Å². The highest BCUT2D eigenvalue weighted by atomic mass is 35.5. The second-order valence-electron chi connectivity index (χ2n) is 9.35. The number of nitrogens with one attached hydrogen (secondary N) is 2. The first kappa shape index (κ1) is 30.7. The molecule has 0 aliphatic heterocycles. The third-order valence-electron chi connectivity index (χ3n) is 6.26. The summed E-state index contributed by atoms with van der Waals surface area (Å²) in [6.07, 6.45) is 2.34. The molecule has 0 atom stereocenters. The molecule has 0 heterocycles. The molecule has 0 aliphatic carbocycles. The first-order valence-corrected chi connectivity index (χ1v) is 13.6. The minimum atomic E-state index is -0.870. The standard InChI is InChI=1S/C33H30ClN3O6/c1-41-28-17-22(18-29(20-28)42-2)19-30(32(39)36-25-10-8-24(34)9-11-25)23-6-14-27(15-7-23)43-26-12-3-21(4-13-26)5-16-31(38)37-33(35)40/h3-4,6-15,17-20H,5,16H2,1-2H3,(H,36,39)(H3,35,37,38,40)/b30-19-. The van der Waals surface area contributed by atoms with Crippen LogP contribution in [0.3, 0.4) is 0 Å². The first-order chi connectivity index (χ1) is 20.7. The number of urea groups is 1. The molecule has 4 aromatic rings. The van der Waals surface area contributed by atoms with Crippen molar-refractivity contribution in [2.45, 2.75) is 12.8 Å². The fraction of sp³-hybridized carbons (Fsp3) is 0.121. The summed E-state index contributed by atoms with van der Waals surface area (Å²) >= 11 is 6.00. The van der Waals surface area contributed by atoms with Crippen molar-refractivity contribution in [2.75, 3.05) is 19.5 Å². The lowest BCUT2D eigenvalue weighted by Crippen LogP contribution is -2.35. The number of carbonyl (C=O) groups is 3. The number of benzene rings is 4. The van der Waals surface area contributed by atoms with Gasteiger partial charge < -0.3 is 25.3 Å². The summed E-state index contributed by atoms with van der Waals surface area (Å²) in [5, 5.41) is 5.53.